The second kappa shape index (κ2) is 10.3. The van der Waals surface area contributed by atoms with Crippen LogP contribution in [0.15, 0.2) is 24.3 Å². The van der Waals surface area contributed by atoms with Crippen LogP contribution in [0, 0.1) is 26.6 Å². The van der Waals surface area contributed by atoms with E-state index in [1.165, 1.54) is 0 Å². The summed E-state index contributed by atoms with van der Waals surface area (Å²) in [5.74, 6) is -1.14. The Hall–Kier alpha value is -1.60. The van der Waals surface area contributed by atoms with Gasteiger partial charge in [0, 0.05) is 16.9 Å². The summed E-state index contributed by atoms with van der Waals surface area (Å²) in [5.41, 5.74) is 5.11. The molecule has 2 aromatic carbocycles. The van der Waals surface area contributed by atoms with E-state index in [1.807, 2.05) is 20.8 Å². The molecule has 0 aliphatic carbocycles. The summed E-state index contributed by atoms with van der Waals surface area (Å²) in [5, 5.41) is -0.0518. The molecule has 0 heterocycles. The van der Waals surface area contributed by atoms with Gasteiger partial charge in [-0.3, -0.25) is 4.79 Å². The lowest BCUT2D eigenvalue weighted by molar-refractivity contribution is -0.143. The van der Waals surface area contributed by atoms with Gasteiger partial charge in [-0.25, -0.2) is 4.39 Å². The van der Waals surface area contributed by atoms with Crippen molar-refractivity contribution in [3.05, 3.63) is 57.4 Å². The van der Waals surface area contributed by atoms with Crippen molar-refractivity contribution in [2.75, 3.05) is 6.61 Å². The van der Waals surface area contributed by atoms with Crippen molar-refractivity contribution in [3.63, 3.8) is 0 Å². The first-order valence-electron chi connectivity index (χ1n) is 10.3. The molecule has 2 atom stereocenters. The van der Waals surface area contributed by atoms with Crippen LogP contribution < -0.4 is 4.72 Å². The Morgan fingerprint density at radius 2 is 1.77 bits per heavy atom. The minimum atomic E-state index is -1.53. The lowest BCUT2D eigenvalue weighted by Crippen LogP contribution is -2.42. The Balaban J connectivity index is 2.61. The van der Waals surface area contributed by atoms with Gasteiger partial charge in [0.2, 0.25) is 0 Å². The number of carbonyl (C=O) groups excluding carboxylic acids is 1. The predicted octanol–water partition coefficient (Wildman–Crippen LogP) is 6.12. The lowest BCUT2D eigenvalue weighted by atomic mass is 9.91. The number of rotatable bonds is 7. The molecule has 170 valence electrons. The molecule has 0 aliphatic rings. The van der Waals surface area contributed by atoms with Crippen LogP contribution in [0.25, 0.3) is 11.1 Å². The molecule has 1 N–H and O–H groups in total. The highest BCUT2D eigenvalue weighted by Crippen LogP contribution is 2.36. The topological polar surface area (TPSA) is 61.4 Å². The van der Waals surface area contributed by atoms with E-state index in [9.17, 15) is 9.35 Å². The van der Waals surface area contributed by atoms with Gasteiger partial charge in [-0.05, 0) is 82.9 Å². The first-order chi connectivity index (χ1) is 14.3. The zero-order valence-corrected chi connectivity index (χ0v) is 20.8. The molecule has 0 bridgehead atoms. The Bertz CT molecular complexity index is 936. The van der Waals surface area contributed by atoms with E-state index < -0.39 is 33.9 Å². The summed E-state index contributed by atoms with van der Waals surface area (Å²) in [6.45, 7) is 13.3. The van der Waals surface area contributed by atoms with Gasteiger partial charge in [0.25, 0.3) is 0 Å². The highest BCUT2D eigenvalue weighted by atomic mass is 35.5. The van der Waals surface area contributed by atoms with E-state index >= 15 is 4.39 Å². The SMILES string of the molecule is CCOC(=O)C[C@H](N[S@+]([O-])C(C)(C)C)c1cc(-c2c(C)cc(C)cc2C)cc(Cl)c1F. The number of ether oxygens (including phenoxy) is 1. The molecular weight excluding hydrogens is 437 g/mol. The number of esters is 1. The second-order valence-electron chi connectivity index (χ2n) is 8.70. The van der Waals surface area contributed by atoms with Crippen molar-refractivity contribution >= 4 is 28.9 Å². The lowest BCUT2D eigenvalue weighted by Gasteiger charge is -2.28. The summed E-state index contributed by atoms with van der Waals surface area (Å²) in [7, 11) is 0. The first kappa shape index (κ1) is 25.7. The number of halogens is 2. The van der Waals surface area contributed by atoms with E-state index in [-0.39, 0.29) is 23.6 Å². The van der Waals surface area contributed by atoms with Crippen molar-refractivity contribution in [2.24, 2.45) is 0 Å². The number of hydrogen-bond donors (Lipinski definition) is 1. The normalized spacial score (nSPS) is 13.7. The average molecular weight is 468 g/mol. The molecule has 0 fully saturated rings. The van der Waals surface area contributed by atoms with Crippen molar-refractivity contribution < 1.29 is 18.5 Å². The van der Waals surface area contributed by atoms with Gasteiger partial charge < -0.3 is 9.29 Å². The summed E-state index contributed by atoms with van der Waals surface area (Å²) in [4.78, 5) is 12.2. The van der Waals surface area contributed by atoms with Crippen molar-refractivity contribution in [3.8, 4) is 11.1 Å². The van der Waals surface area contributed by atoms with Gasteiger partial charge in [0.05, 0.1) is 24.1 Å². The van der Waals surface area contributed by atoms with Crippen LogP contribution in [0.5, 0.6) is 0 Å². The fourth-order valence-corrected chi connectivity index (χ4v) is 4.60. The maximum atomic E-state index is 15.2. The molecule has 2 aromatic rings. The van der Waals surface area contributed by atoms with Crippen molar-refractivity contribution in [1.82, 2.24) is 4.72 Å². The van der Waals surface area contributed by atoms with E-state index in [0.29, 0.717) is 0 Å². The van der Waals surface area contributed by atoms with Crippen LogP contribution in [0.3, 0.4) is 0 Å². The zero-order valence-electron chi connectivity index (χ0n) is 19.2. The molecule has 0 saturated heterocycles. The minimum absolute atomic E-state index is 0.0518. The molecular formula is C24H31ClFNO3S. The molecule has 0 unspecified atom stereocenters. The van der Waals surface area contributed by atoms with Crippen molar-refractivity contribution in [1.29, 1.82) is 0 Å². The monoisotopic (exact) mass is 467 g/mol. The molecule has 0 radical (unpaired) electrons. The van der Waals surface area contributed by atoms with Gasteiger partial charge in [-0.2, -0.15) is 0 Å². The standard InChI is InChI=1S/C24H31ClFNO3S/c1-8-30-21(28)13-20(27-31(29)24(5,6)7)18-11-17(12-19(25)23(18)26)22-15(3)9-14(2)10-16(22)4/h9-12,20,27H,8,13H2,1-7H3/t20-,31+/m0/s1. The van der Waals surface area contributed by atoms with Crippen LogP contribution in [0.1, 0.15) is 62.4 Å². The largest absolute Gasteiger partial charge is 0.598 e. The number of benzene rings is 2. The Labute approximate surface area is 192 Å². The van der Waals surface area contributed by atoms with E-state index in [4.69, 9.17) is 16.3 Å². The summed E-state index contributed by atoms with van der Waals surface area (Å²) in [6, 6.07) is 6.53. The van der Waals surface area contributed by atoms with Crippen LogP contribution in [-0.4, -0.2) is 21.9 Å². The summed E-state index contributed by atoms with van der Waals surface area (Å²) >= 11 is 4.74. The van der Waals surface area contributed by atoms with Gasteiger partial charge in [-0.15, -0.1) is 4.72 Å². The maximum absolute atomic E-state index is 15.2. The Morgan fingerprint density at radius 1 is 1.19 bits per heavy atom. The minimum Gasteiger partial charge on any atom is -0.598 e. The molecule has 0 aliphatic heterocycles. The number of hydrogen-bond acceptors (Lipinski definition) is 4. The molecule has 0 spiro atoms. The van der Waals surface area contributed by atoms with Crippen LogP contribution in [0.2, 0.25) is 5.02 Å². The fourth-order valence-electron chi connectivity index (χ4n) is 3.55. The van der Waals surface area contributed by atoms with Crippen LogP contribution in [0.4, 0.5) is 4.39 Å². The molecule has 2 rings (SSSR count). The Kier molecular flexibility index (Phi) is 8.56. The third-order valence-electron chi connectivity index (χ3n) is 4.88. The molecule has 4 nitrogen and oxygen atoms in total. The summed E-state index contributed by atoms with van der Waals surface area (Å²) < 4.78 is 35.3. The van der Waals surface area contributed by atoms with E-state index in [2.05, 4.69) is 16.9 Å². The van der Waals surface area contributed by atoms with Gasteiger partial charge >= 0.3 is 5.97 Å². The highest BCUT2D eigenvalue weighted by Gasteiger charge is 2.33. The van der Waals surface area contributed by atoms with Crippen molar-refractivity contribution in [2.45, 2.75) is 65.7 Å². The van der Waals surface area contributed by atoms with E-state index in [1.54, 1.807) is 39.8 Å². The predicted molar refractivity (Wildman–Crippen MR) is 126 cm³/mol. The van der Waals surface area contributed by atoms with E-state index in [0.717, 1.165) is 27.8 Å². The molecule has 31 heavy (non-hydrogen) atoms. The average Bonchev–Trinajstić information content (AvgIpc) is 2.62. The molecule has 0 amide bonds. The molecule has 7 heteroatoms. The molecule has 0 aromatic heterocycles. The number of nitrogens with one attached hydrogen (secondary N) is 1. The van der Waals surface area contributed by atoms with Crippen LogP contribution >= 0.6 is 11.6 Å². The number of aryl methyl sites for hydroxylation is 3. The summed E-state index contributed by atoms with van der Waals surface area (Å²) in [6.07, 6.45) is -0.168. The third-order valence-corrected chi connectivity index (χ3v) is 6.77. The smallest absolute Gasteiger partial charge is 0.307 e. The Morgan fingerprint density at radius 3 is 2.29 bits per heavy atom. The third kappa shape index (κ3) is 6.45. The molecule has 0 saturated carbocycles. The fraction of sp³-hybridized carbons (Fsp3) is 0.458. The van der Waals surface area contributed by atoms with Gasteiger partial charge in [0.15, 0.2) is 0 Å². The van der Waals surface area contributed by atoms with Gasteiger partial charge in [0.1, 0.15) is 10.6 Å². The quantitative estimate of drug-likeness (QED) is 0.393. The first-order valence-corrected chi connectivity index (χ1v) is 11.8. The maximum Gasteiger partial charge on any atom is 0.307 e. The zero-order chi connectivity index (χ0) is 23.5. The van der Waals surface area contributed by atoms with Gasteiger partial charge in [-0.1, -0.05) is 29.3 Å². The number of carbonyl (C=O) groups is 1. The highest BCUT2D eigenvalue weighted by molar-refractivity contribution is 7.90. The second-order valence-corrected chi connectivity index (χ2v) is 11.1. The van der Waals surface area contributed by atoms with Crippen LogP contribution in [-0.2, 0) is 20.9 Å².